The molecule has 0 amide bonds. The van der Waals surface area contributed by atoms with Crippen molar-refractivity contribution < 1.29 is 19.0 Å². The maximum Gasteiger partial charge on any atom is 0.310 e. The smallest absolute Gasteiger partial charge is 0.310 e. The standard InChI is InChI=1S/C12H16O4/c1-4-16-11(13)8-9-6-5-7-10(14-2)12(9)15-3/h5-7H,4,8H2,1-3H3. The zero-order chi connectivity index (χ0) is 12.0. The first-order valence-electron chi connectivity index (χ1n) is 5.08. The maximum atomic E-state index is 11.4. The highest BCUT2D eigenvalue weighted by Gasteiger charge is 2.13. The molecule has 0 heterocycles. The Morgan fingerprint density at radius 1 is 1.25 bits per heavy atom. The van der Waals surface area contributed by atoms with E-state index >= 15 is 0 Å². The first kappa shape index (κ1) is 12.4. The number of esters is 1. The van der Waals surface area contributed by atoms with Crippen molar-refractivity contribution in [1.29, 1.82) is 0 Å². The van der Waals surface area contributed by atoms with E-state index in [1.54, 1.807) is 27.2 Å². The SMILES string of the molecule is CCOC(=O)Cc1cccc(OC)c1OC. The number of hydrogen-bond acceptors (Lipinski definition) is 4. The van der Waals surface area contributed by atoms with Gasteiger partial charge in [-0.15, -0.1) is 0 Å². The molecule has 0 aromatic heterocycles. The van der Waals surface area contributed by atoms with Gasteiger partial charge in [0.2, 0.25) is 0 Å². The molecule has 0 aliphatic carbocycles. The number of rotatable bonds is 5. The Bertz CT molecular complexity index is 360. The number of para-hydroxylation sites is 1. The topological polar surface area (TPSA) is 44.8 Å². The fourth-order valence-corrected chi connectivity index (χ4v) is 1.46. The molecule has 4 heteroatoms. The molecule has 0 saturated heterocycles. The quantitative estimate of drug-likeness (QED) is 0.715. The van der Waals surface area contributed by atoms with Crippen LogP contribution in [0.25, 0.3) is 0 Å². The van der Waals surface area contributed by atoms with Crippen molar-refractivity contribution in [3.8, 4) is 11.5 Å². The highest BCUT2D eigenvalue weighted by molar-refractivity contribution is 5.74. The minimum absolute atomic E-state index is 0.189. The van der Waals surface area contributed by atoms with Gasteiger partial charge in [-0.25, -0.2) is 0 Å². The number of benzene rings is 1. The van der Waals surface area contributed by atoms with Gasteiger partial charge in [-0.1, -0.05) is 12.1 Å². The monoisotopic (exact) mass is 224 g/mol. The number of carbonyl (C=O) groups excluding carboxylic acids is 1. The highest BCUT2D eigenvalue weighted by Crippen LogP contribution is 2.30. The lowest BCUT2D eigenvalue weighted by molar-refractivity contribution is -0.142. The van der Waals surface area contributed by atoms with Crippen LogP contribution >= 0.6 is 0 Å². The van der Waals surface area contributed by atoms with Crippen molar-refractivity contribution in [2.24, 2.45) is 0 Å². The predicted octanol–water partition coefficient (Wildman–Crippen LogP) is 1.81. The van der Waals surface area contributed by atoms with Crippen molar-refractivity contribution in [2.45, 2.75) is 13.3 Å². The summed E-state index contributed by atoms with van der Waals surface area (Å²) in [6.45, 7) is 2.16. The maximum absolute atomic E-state index is 11.4. The normalized spacial score (nSPS) is 9.69. The van der Waals surface area contributed by atoms with Crippen molar-refractivity contribution in [1.82, 2.24) is 0 Å². The van der Waals surface area contributed by atoms with Crippen molar-refractivity contribution >= 4 is 5.97 Å². The Morgan fingerprint density at radius 3 is 2.56 bits per heavy atom. The summed E-state index contributed by atoms with van der Waals surface area (Å²) in [6.07, 6.45) is 0.189. The summed E-state index contributed by atoms with van der Waals surface area (Å²) in [5, 5.41) is 0. The fourth-order valence-electron chi connectivity index (χ4n) is 1.46. The minimum Gasteiger partial charge on any atom is -0.493 e. The Balaban J connectivity index is 2.90. The molecule has 1 rings (SSSR count). The average molecular weight is 224 g/mol. The molecule has 0 aliphatic heterocycles. The van der Waals surface area contributed by atoms with E-state index in [0.29, 0.717) is 18.1 Å². The molecule has 1 aromatic rings. The van der Waals surface area contributed by atoms with Crippen LogP contribution in [-0.4, -0.2) is 26.8 Å². The Hall–Kier alpha value is -1.71. The van der Waals surface area contributed by atoms with Crippen LogP contribution in [0.3, 0.4) is 0 Å². The molecule has 0 bridgehead atoms. The van der Waals surface area contributed by atoms with Gasteiger partial charge in [0.05, 0.1) is 27.2 Å². The van der Waals surface area contributed by atoms with Crippen LogP contribution in [-0.2, 0) is 16.0 Å². The summed E-state index contributed by atoms with van der Waals surface area (Å²) < 4.78 is 15.2. The Morgan fingerprint density at radius 2 is 2.00 bits per heavy atom. The van der Waals surface area contributed by atoms with Gasteiger partial charge in [0.1, 0.15) is 0 Å². The average Bonchev–Trinajstić information content (AvgIpc) is 2.29. The van der Waals surface area contributed by atoms with E-state index in [2.05, 4.69) is 0 Å². The van der Waals surface area contributed by atoms with Gasteiger partial charge in [-0.05, 0) is 13.0 Å². The van der Waals surface area contributed by atoms with Gasteiger partial charge >= 0.3 is 5.97 Å². The van der Waals surface area contributed by atoms with Gasteiger partial charge < -0.3 is 14.2 Å². The summed E-state index contributed by atoms with van der Waals surface area (Å²) in [6, 6.07) is 5.42. The molecule has 88 valence electrons. The van der Waals surface area contributed by atoms with E-state index in [4.69, 9.17) is 14.2 Å². The van der Waals surface area contributed by atoms with Crippen LogP contribution in [0.4, 0.5) is 0 Å². The van der Waals surface area contributed by atoms with E-state index in [-0.39, 0.29) is 12.4 Å². The highest BCUT2D eigenvalue weighted by atomic mass is 16.5. The molecular formula is C12H16O4. The third-order valence-corrected chi connectivity index (χ3v) is 2.12. The molecule has 0 fully saturated rings. The molecule has 0 N–H and O–H groups in total. The summed E-state index contributed by atoms with van der Waals surface area (Å²) in [5.74, 6) is 0.927. The van der Waals surface area contributed by atoms with Crippen molar-refractivity contribution in [2.75, 3.05) is 20.8 Å². The van der Waals surface area contributed by atoms with Gasteiger partial charge in [-0.2, -0.15) is 0 Å². The van der Waals surface area contributed by atoms with E-state index in [9.17, 15) is 4.79 Å². The first-order chi connectivity index (χ1) is 7.72. The van der Waals surface area contributed by atoms with Gasteiger partial charge in [0.25, 0.3) is 0 Å². The third-order valence-electron chi connectivity index (χ3n) is 2.12. The molecule has 0 spiro atoms. The number of carbonyl (C=O) groups is 1. The zero-order valence-electron chi connectivity index (χ0n) is 9.78. The molecule has 1 aromatic carbocycles. The Kier molecular flexibility index (Phi) is 4.64. The minimum atomic E-state index is -0.269. The lowest BCUT2D eigenvalue weighted by Gasteiger charge is -2.11. The summed E-state index contributed by atoms with van der Waals surface area (Å²) in [7, 11) is 3.11. The lowest BCUT2D eigenvalue weighted by Crippen LogP contribution is -2.08. The third kappa shape index (κ3) is 2.89. The molecule has 0 aliphatic rings. The van der Waals surface area contributed by atoms with Crippen molar-refractivity contribution in [3.63, 3.8) is 0 Å². The largest absolute Gasteiger partial charge is 0.493 e. The van der Waals surface area contributed by atoms with Crippen LogP contribution in [0, 0.1) is 0 Å². The van der Waals surface area contributed by atoms with E-state index in [1.165, 1.54) is 0 Å². The van der Waals surface area contributed by atoms with E-state index < -0.39 is 0 Å². The van der Waals surface area contributed by atoms with E-state index in [1.807, 2.05) is 12.1 Å². The lowest BCUT2D eigenvalue weighted by atomic mass is 10.1. The second-order valence-corrected chi connectivity index (χ2v) is 3.13. The van der Waals surface area contributed by atoms with Crippen LogP contribution < -0.4 is 9.47 Å². The summed E-state index contributed by atoms with van der Waals surface area (Å²) in [4.78, 5) is 11.4. The second kappa shape index (κ2) is 6.00. The van der Waals surface area contributed by atoms with Gasteiger partial charge in [-0.3, -0.25) is 4.79 Å². The number of methoxy groups -OCH3 is 2. The van der Waals surface area contributed by atoms with Gasteiger partial charge in [0, 0.05) is 5.56 Å². The van der Waals surface area contributed by atoms with Gasteiger partial charge in [0.15, 0.2) is 11.5 Å². The predicted molar refractivity (Wildman–Crippen MR) is 59.9 cm³/mol. The zero-order valence-corrected chi connectivity index (χ0v) is 9.78. The van der Waals surface area contributed by atoms with E-state index in [0.717, 1.165) is 5.56 Å². The van der Waals surface area contributed by atoms with Crippen LogP contribution in [0.2, 0.25) is 0 Å². The first-order valence-corrected chi connectivity index (χ1v) is 5.08. The summed E-state index contributed by atoms with van der Waals surface area (Å²) >= 11 is 0. The van der Waals surface area contributed by atoms with Crippen LogP contribution in [0.1, 0.15) is 12.5 Å². The van der Waals surface area contributed by atoms with Crippen molar-refractivity contribution in [3.05, 3.63) is 23.8 Å². The number of ether oxygens (including phenoxy) is 3. The molecule has 4 nitrogen and oxygen atoms in total. The number of hydrogen-bond donors (Lipinski definition) is 0. The molecule has 0 atom stereocenters. The van der Waals surface area contributed by atoms with Crippen LogP contribution in [0.15, 0.2) is 18.2 Å². The molecular weight excluding hydrogens is 208 g/mol. The molecule has 0 radical (unpaired) electrons. The summed E-state index contributed by atoms with van der Waals surface area (Å²) in [5.41, 5.74) is 0.764. The Labute approximate surface area is 95.1 Å². The second-order valence-electron chi connectivity index (χ2n) is 3.13. The molecule has 0 unspecified atom stereocenters. The fraction of sp³-hybridized carbons (Fsp3) is 0.417. The molecule has 16 heavy (non-hydrogen) atoms. The molecule has 0 saturated carbocycles. The van der Waals surface area contributed by atoms with Crippen LogP contribution in [0.5, 0.6) is 11.5 Å².